The molecule has 4 nitrogen and oxygen atoms in total. The zero-order valence-electron chi connectivity index (χ0n) is 6.51. The number of hydrogen-bond donors (Lipinski definition) is 3. The highest BCUT2D eigenvalue weighted by atomic mass is 15.4. The third-order valence-corrected chi connectivity index (χ3v) is 2.48. The summed E-state index contributed by atoms with van der Waals surface area (Å²) in [5, 5.41) is 3.26. The molecule has 0 saturated heterocycles. The van der Waals surface area contributed by atoms with Gasteiger partial charge in [-0.2, -0.15) is 0 Å². The largest absolute Gasteiger partial charge is 0.350 e. The number of nitrogens with two attached hydrogens (primary N) is 1. The fourth-order valence-electron chi connectivity index (χ4n) is 1.89. The van der Waals surface area contributed by atoms with Crippen LogP contribution >= 0.6 is 0 Å². The van der Waals surface area contributed by atoms with Gasteiger partial charge in [-0.15, -0.1) is 0 Å². The zero-order chi connectivity index (χ0) is 7.68. The van der Waals surface area contributed by atoms with Crippen molar-refractivity contribution in [2.75, 3.05) is 0 Å². The van der Waals surface area contributed by atoms with Crippen LogP contribution in [0.5, 0.6) is 0 Å². The van der Waals surface area contributed by atoms with Crippen molar-refractivity contribution in [2.24, 2.45) is 10.8 Å². The Kier molecular flexibility index (Phi) is 1.69. The molecule has 1 aliphatic carbocycles. The van der Waals surface area contributed by atoms with Crippen molar-refractivity contribution in [3.05, 3.63) is 0 Å². The molecule has 2 rings (SSSR count). The van der Waals surface area contributed by atoms with E-state index in [0.29, 0.717) is 12.1 Å². The minimum absolute atomic E-state index is 0.481. The molecule has 2 aliphatic rings. The molecule has 4 N–H and O–H groups in total. The molecular weight excluding hydrogens is 140 g/mol. The molecule has 0 bridgehead atoms. The number of hydrogen-bond acceptors (Lipinski definition) is 4. The Bertz CT molecular complexity index is 177. The van der Waals surface area contributed by atoms with Gasteiger partial charge in [0.05, 0.1) is 12.1 Å². The smallest absolute Gasteiger partial charge is 0.206 e. The molecule has 0 aromatic rings. The van der Waals surface area contributed by atoms with Crippen LogP contribution in [0.1, 0.15) is 25.7 Å². The Hall–Kier alpha value is -0.770. The van der Waals surface area contributed by atoms with E-state index in [0.717, 1.165) is 5.96 Å². The van der Waals surface area contributed by atoms with Gasteiger partial charge >= 0.3 is 0 Å². The van der Waals surface area contributed by atoms with Crippen molar-refractivity contribution in [2.45, 2.75) is 37.8 Å². The molecule has 4 heteroatoms. The molecule has 1 heterocycles. The fourth-order valence-corrected chi connectivity index (χ4v) is 1.89. The second-order valence-corrected chi connectivity index (χ2v) is 3.22. The zero-order valence-corrected chi connectivity index (χ0v) is 6.51. The third kappa shape index (κ3) is 1.18. The molecule has 62 valence electrons. The minimum Gasteiger partial charge on any atom is -0.350 e. The van der Waals surface area contributed by atoms with Crippen molar-refractivity contribution in [3.8, 4) is 0 Å². The van der Waals surface area contributed by atoms with Gasteiger partial charge < -0.3 is 5.32 Å². The lowest BCUT2D eigenvalue weighted by Crippen LogP contribution is -2.44. The van der Waals surface area contributed by atoms with Crippen LogP contribution in [0, 0.1) is 0 Å². The summed E-state index contributed by atoms with van der Waals surface area (Å²) in [5.74, 6) is 6.01. The third-order valence-electron chi connectivity index (χ3n) is 2.48. The Labute approximate surface area is 66.2 Å². The minimum atomic E-state index is 0.481. The Morgan fingerprint density at radius 3 is 3.00 bits per heavy atom. The summed E-state index contributed by atoms with van der Waals surface area (Å²) in [4.78, 5) is 4.40. The van der Waals surface area contributed by atoms with E-state index < -0.39 is 0 Å². The van der Waals surface area contributed by atoms with Crippen molar-refractivity contribution in [1.29, 1.82) is 0 Å². The summed E-state index contributed by atoms with van der Waals surface area (Å²) in [5.41, 5.74) is 2.56. The Morgan fingerprint density at radius 1 is 1.45 bits per heavy atom. The van der Waals surface area contributed by atoms with E-state index in [1.165, 1.54) is 25.7 Å². The average Bonchev–Trinajstić information content (AvgIpc) is 2.46. The number of rotatable bonds is 0. The van der Waals surface area contributed by atoms with Gasteiger partial charge in [0.15, 0.2) is 0 Å². The molecule has 0 spiro atoms. The van der Waals surface area contributed by atoms with Crippen LogP contribution in [0.25, 0.3) is 0 Å². The number of aliphatic imine (C=N–C) groups is 1. The van der Waals surface area contributed by atoms with E-state index in [4.69, 9.17) is 5.84 Å². The molecule has 2 unspecified atom stereocenters. The lowest BCUT2D eigenvalue weighted by molar-refractivity contribution is 0.384. The molecular formula is C7H14N4. The maximum absolute atomic E-state index is 5.24. The second-order valence-electron chi connectivity index (χ2n) is 3.22. The molecule has 0 amide bonds. The first-order valence-corrected chi connectivity index (χ1v) is 4.21. The van der Waals surface area contributed by atoms with Crippen LogP contribution < -0.4 is 16.6 Å². The standard InChI is InChI=1S/C7H14N4/c8-11-7-9-5-3-1-2-4-6(5)10-7/h5-6H,1-4,8H2,(H2,9,10,11). The Morgan fingerprint density at radius 2 is 2.27 bits per heavy atom. The van der Waals surface area contributed by atoms with E-state index in [1.54, 1.807) is 0 Å². The maximum atomic E-state index is 5.24. The van der Waals surface area contributed by atoms with Gasteiger partial charge in [0, 0.05) is 0 Å². The van der Waals surface area contributed by atoms with E-state index in [-0.39, 0.29) is 0 Å². The van der Waals surface area contributed by atoms with Crippen LogP contribution in [-0.2, 0) is 0 Å². The predicted molar refractivity (Wildman–Crippen MR) is 43.9 cm³/mol. The van der Waals surface area contributed by atoms with Gasteiger partial charge in [0.2, 0.25) is 5.96 Å². The molecule has 0 aromatic carbocycles. The summed E-state index contributed by atoms with van der Waals surface area (Å²) in [6, 6.07) is 1.03. The van der Waals surface area contributed by atoms with Crippen LogP contribution in [0.2, 0.25) is 0 Å². The molecule has 0 radical (unpaired) electrons. The average molecular weight is 154 g/mol. The van der Waals surface area contributed by atoms with Crippen molar-refractivity contribution < 1.29 is 0 Å². The van der Waals surface area contributed by atoms with Crippen molar-refractivity contribution >= 4 is 5.96 Å². The lowest BCUT2D eigenvalue weighted by Gasteiger charge is -2.22. The van der Waals surface area contributed by atoms with Crippen molar-refractivity contribution in [3.63, 3.8) is 0 Å². The van der Waals surface area contributed by atoms with Gasteiger partial charge in [-0.1, -0.05) is 12.8 Å². The highest BCUT2D eigenvalue weighted by molar-refractivity contribution is 5.81. The Balaban J connectivity index is 2.02. The first-order valence-electron chi connectivity index (χ1n) is 4.21. The molecule has 1 saturated carbocycles. The topological polar surface area (TPSA) is 62.4 Å². The molecule has 2 atom stereocenters. The van der Waals surface area contributed by atoms with Crippen LogP contribution in [0.4, 0.5) is 0 Å². The molecule has 11 heavy (non-hydrogen) atoms. The second kappa shape index (κ2) is 2.70. The summed E-state index contributed by atoms with van der Waals surface area (Å²) in [6.07, 6.45) is 5.08. The highest BCUT2D eigenvalue weighted by Crippen LogP contribution is 2.23. The van der Waals surface area contributed by atoms with E-state index in [9.17, 15) is 0 Å². The van der Waals surface area contributed by atoms with Gasteiger partial charge in [-0.3, -0.25) is 5.43 Å². The summed E-state index contributed by atoms with van der Waals surface area (Å²) in [6.45, 7) is 0. The van der Waals surface area contributed by atoms with E-state index in [2.05, 4.69) is 15.7 Å². The quantitative estimate of drug-likeness (QED) is 0.332. The van der Waals surface area contributed by atoms with E-state index >= 15 is 0 Å². The van der Waals surface area contributed by atoms with Gasteiger partial charge in [0.25, 0.3) is 0 Å². The summed E-state index contributed by atoms with van der Waals surface area (Å²) >= 11 is 0. The fraction of sp³-hybridized carbons (Fsp3) is 0.857. The normalized spacial score (nSPS) is 35.5. The number of nitrogens with zero attached hydrogens (tertiary/aromatic N) is 1. The first kappa shape index (κ1) is 6.91. The number of guanidine groups is 1. The first-order chi connectivity index (χ1) is 5.40. The van der Waals surface area contributed by atoms with Crippen LogP contribution in [0.15, 0.2) is 4.99 Å². The summed E-state index contributed by atoms with van der Waals surface area (Å²) in [7, 11) is 0. The molecule has 1 fully saturated rings. The van der Waals surface area contributed by atoms with Gasteiger partial charge in [0.1, 0.15) is 0 Å². The number of hydrazine groups is 1. The number of nitrogens with one attached hydrogen (secondary N) is 2. The predicted octanol–water partition coefficient (Wildman–Crippen LogP) is -0.280. The van der Waals surface area contributed by atoms with Gasteiger partial charge in [-0.25, -0.2) is 10.8 Å². The monoisotopic (exact) mass is 154 g/mol. The van der Waals surface area contributed by atoms with Crippen molar-refractivity contribution in [1.82, 2.24) is 10.7 Å². The molecule has 1 aliphatic heterocycles. The highest BCUT2D eigenvalue weighted by Gasteiger charge is 2.30. The lowest BCUT2D eigenvalue weighted by atomic mass is 9.92. The maximum Gasteiger partial charge on any atom is 0.206 e. The SMILES string of the molecule is NNC1=NC2CCCCC2N1. The number of fused-ring (bicyclic) bond motifs is 1. The van der Waals surface area contributed by atoms with E-state index in [1.807, 2.05) is 0 Å². The molecule has 0 aromatic heterocycles. The van der Waals surface area contributed by atoms with Crippen LogP contribution in [-0.4, -0.2) is 18.0 Å². The van der Waals surface area contributed by atoms with Crippen LogP contribution in [0.3, 0.4) is 0 Å². The summed E-state index contributed by atoms with van der Waals surface area (Å²) < 4.78 is 0. The van der Waals surface area contributed by atoms with Gasteiger partial charge in [-0.05, 0) is 12.8 Å².